The first kappa shape index (κ1) is 13.0. The fraction of sp³-hybridized carbons (Fsp3) is 0.636. The van der Waals surface area contributed by atoms with E-state index in [1.807, 2.05) is 13.1 Å². The van der Waals surface area contributed by atoms with E-state index >= 15 is 0 Å². The molecule has 5 heteroatoms. The Kier molecular flexibility index (Phi) is 4.29. The third kappa shape index (κ3) is 4.61. The number of rotatable bonds is 2. The van der Waals surface area contributed by atoms with Gasteiger partial charge in [-0.05, 0) is 27.7 Å². The predicted octanol–water partition coefficient (Wildman–Crippen LogP) is 1.92. The van der Waals surface area contributed by atoms with Crippen molar-refractivity contribution in [3.05, 3.63) is 16.1 Å². The molecule has 1 aromatic heterocycles. The number of hydrogen-bond acceptors (Lipinski definition) is 3. The van der Waals surface area contributed by atoms with Crippen LogP contribution in [0.2, 0.25) is 0 Å². The Labute approximate surface area is 101 Å². The molecule has 4 nitrogen and oxygen atoms in total. The van der Waals surface area contributed by atoms with Gasteiger partial charge in [-0.3, -0.25) is 4.99 Å². The lowest BCUT2D eigenvalue weighted by atomic mass is 10.1. The molecule has 0 aliphatic carbocycles. The van der Waals surface area contributed by atoms with Crippen molar-refractivity contribution in [1.82, 2.24) is 15.6 Å². The summed E-state index contributed by atoms with van der Waals surface area (Å²) in [5, 5.41) is 7.66. The van der Waals surface area contributed by atoms with Gasteiger partial charge in [0, 0.05) is 23.7 Å². The number of nitrogens with zero attached hydrogens (tertiary/aromatic N) is 2. The average molecular weight is 240 g/mol. The number of aromatic nitrogens is 1. The molecule has 1 aromatic rings. The molecule has 0 aliphatic rings. The Hall–Kier alpha value is -1.10. The number of thiazole rings is 1. The maximum atomic E-state index is 4.21. The molecule has 0 fully saturated rings. The summed E-state index contributed by atoms with van der Waals surface area (Å²) in [7, 11) is 1.78. The number of nitrogens with one attached hydrogen (secondary N) is 2. The highest BCUT2D eigenvalue weighted by Gasteiger charge is 2.11. The van der Waals surface area contributed by atoms with Crippen LogP contribution >= 0.6 is 11.3 Å². The first-order valence-corrected chi connectivity index (χ1v) is 6.12. The zero-order valence-electron chi connectivity index (χ0n) is 10.6. The smallest absolute Gasteiger partial charge is 0.191 e. The second-order valence-corrected chi connectivity index (χ2v) is 5.97. The van der Waals surface area contributed by atoms with E-state index in [1.165, 1.54) is 4.88 Å². The highest BCUT2D eigenvalue weighted by molar-refractivity contribution is 7.11. The highest BCUT2D eigenvalue weighted by Crippen LogP contribution is 2.10. The van der Waals surface area contributed by atoms with Crippen molar-refractivity contribution in [2.45, 2.75) is 39.8 Å². The summed E-state index contributed by atoms with van der Waals surface area (Å²) in [4.78, 5) is 9.60. The Morgan fingerprint density at radius 3 is 2.62 bits per heavy atom. The molecule has 0 aromatic carbocycles. The summed E-state index contributed by atoms with van der Waals surface area (Å²) < 4.78 is 0. The number of guanidine groups is 1. The molecule has 1 rings (SSSR count). The molecule has 0 saturated carbocycles. The van der Waals surface area contributed by atoms with E-state index < -0.39 is 0 Å². The molecule has 0 amide bonds. The van der Waals surface area contributed by atoms with Crippen LogP contribution in [0.3, 0.4) is 0 Å². The minimum Gasteiger partial charge on any atom is -0.352 e. The van der Waals surface area contributed by atoms with Gasteiger partial charge in [-0.1, -0.05) is 0 Å². The van der Waals surface area contributed by atoms with Crippen molar-refractivity contribution in [3.8, 4) is 0 Å². The summed E-state index contributed by atoms with van der Waals surface area (Å²) in [6.45, 7) is 9.10. The third-order valence-electron chi connectivity index (χ3n) is 1.82. The molecule has 0 bridgehead atoms. The van der Waals surface area contributed by atoms with Crippen molar-refractivity contribution < 1.29 is 0 Å². The average Bonchev–Trinajstić information content (AvgIpc) is 2.57. The number of hydrogen-bond donors (Lipinski definition) is 2. The lowest BCUT2D eigenvalue weighted by Crippen LogP contribution is -2.47. The number of aryl methyl sites for hydroxylation is 1. The predicted molar refractivity (Wildman–Crippen MR) is 69.9 cm³/mol. The molecule has 16 heavy (non-hydrogen) atoms. The van der Waals surface area contributed by atoms with Crippen molar-refractivity contribution in [2.75, 3.05) is 7.05 Å². The van der Waals surface area contributed by atoms with Gasteiger partial charge in [-0.2, -0.15) is 0 Å². The van der Waals surface area contributed by atoms with Crippen LogP contribution in [0, 0.1) is 6.92 Å². The molecule has 1 heterocycles. The van der Waals surface area contributed by atoms with E-state index in [9.17, 15) is 0 Å². The lowest BCUT2D eigenvalue weighted by molar-refractivity contribution is 0.501. The van der Waals surface area contributed by atoms with Gasteiger partial charge in [0.15, 0.2) is 5.96 Å². The molecule has 0 atom stereocenters. The van der Waals surface area contributed by atoms with Crippen LogP contribution in [0.1, 0.15) is 30.7 Å². The van der Waals surface area contributed by atoms with Crippen molar-refractivity contribution >= 4 is 17.3 Å². The fourth-order valence-corrected chi connectivity index (χ4v) is 1.93. The quantitative estimate of drug-likeness (QED) is 0.613. The Morgan fingerprint density at radius 2 is 2.19 bits per heavy atom. The molecular formula is C11H20N4S. The van der Waals surface area contributed by atoms with Crippen molar-refractivity contribution in [3.63, 3.8) is 0 Å². The Bertz CT molecular complexity index is 362. The van der Waals surface area contributed by atoms with E-state index in [0.29, 0.717) is 0 Å². The van der Waals surface area contributed by atoms with Gasteiger partial charge in [-0.15, -0.1) is 11.3 Å². The third-order valence-corrected chi connectivity index (χ3v) is 2.73. The van der Waals surface area contributed by atoms with Gasteiger partial charge < -0.3 is 10.6 Å². The monoisotopic (exact) mass is 240 g/mol. The molecule has 2 N–H and O–H groups in total. The van der Waals surface area contributed by atoms with E-state index in [0.717, 1.165) is 17.5 Å². The molecule has 0 spiro atoms. The van der Waals surface area contributed by atoms with E-state index in [-0.39, 0.29) is 5.54 Å². The van der Waals surface area contributed by atoms with Gasteiger partial charge >= 0.3 is 0 Å². The fourth-order valence-electron chi connectivity index (χ4n) is 1.19. The van der Waals surface area contributed by atoms with Crippen molar-refractivity contribution in [1.29, 1.82) is 0 Å². The molecule has 90 valence electrons. The largest absolute Gasteiger partial charge is 0.352 e. The molecule has 0 radical (unpaired) electrons. The standard InChI is InChI=1S/C11H20N4S/c1-8-13-6-9(16-8)7-14-10(12-5)15-11(2,3)4/h6H,7H2,1-5H3,(H2,12,14,15). The van der Waals surface area contributed by atoms with Crippen LogP contribution in [0.4, 0.5) is 0 Å². The van der Waals surface area contributed by atoms with Crippen LogP contribution in [0.15, 0.2) is 11.2 Å². The van der Waals surface area contributed by atoms with E-state index in [2.05, 4.69) is 41.4 Å². The maximum Gasteiger partial charge on any atom is 0.191 e. The normalized spacial score (nSPS) is 12.7. The second-order valence-electron chi connectivity index (χ2n) is 4.65. The molecular weight excluding hydrogens is 220 g/mol. The van der Waals surface area contributed by atoms with Crippen LogP contribution in [-0.4, -0.2) is 23.5 Å². The minimum absolute atomic E-state index is 0.0193. The van der Waals surface area contributed by atoms with Gasteiger partial charge in [0.2, 0.25) is 0 Å². The summed E-state index contributed by atoms with van der Waals surface area (Å²) in [5.41, 5.74) is 0.0193. The topological polar surface area (TPSA) is 49.3 Å². The summed E-state index contributed by atoms with van der Waals surface area (Å²) in [6.07, 6.45) is 1.90. The molecule has 0 unspecified atom stereocenters. The van der Waals surface area contributed by atoms with Gasteiger partial charge in [0.25, 0.3) is 0 Å². The van der Waals surface area contributed by atoms with Crippen LogP contribution in [0.25, 0.3) is 0 Å². The SMILES string of the molecule is CN=C(NCc1cnc(C)s1)NC(C)(C)C. The lowest BCUT2D eigenvalue weighted by Gasteiger charge is -2.23. The zero-order chi connectivity index (χ0) is 12.2. The zero-order valence-corrected chi connectivity index (χ0v) is 11.4. The summed E-state index contributed by atoms with van der Waals surface area (Å²) >= 11 is 1.70. The first-order valence-electron chi connectivity index (χ1n) is 5.31. The minimum atomic E-state index is 0.0193. The Morgan fingerprint density at radius 1 is 1.50 bits per heavy atom. The maximum absolute atomic E-state index is 4.21. The second kappa shape index (κ2) is 5.30. The summed E-state index contributed by atoms with van der Waals surface area (Å²) in [5.74, 6) is 0.818. The molecule has 0 saturated heterocycles. The van der Waals surface area contributed by atoms with Gasteiger partial charge in [0.05, 0.1) is 11.6 Å². The molecule has 0 aliphatic heterocycles. The van der Waals surface area contributed by atoms with E-state index in [4.69, 9.17) is 0 Å². The highest BCUT2D eigenvalue weighted by atomic mass is 32.1. The van der Waals surface area contributed by atoms with Gasteiger partial charge in [-0.25, -0.2) is 4.98 Å². The van der Waals surface area contributed by atoms with Crippen LogP contribution in [0.5, 0.6) is 0 Å². The van der Waals surface area contributed by atoms with Gasteiger partial charge in [0.1, 0.15) is 0 Å². The van der Waals surface area contributed by atoms with E-state index in [1.54, 1.807) is 18.4 Å². The Balaban J connectivity index is 2.47. The van der Waals surface area contributed by atoms with Crippen molar-refractivity contribution in [2.24, 2.45) is 4.99 Å². The number of aliphatic imine (C=N–C) groups is 1. The van der Waals surface area contributed by atoms with Crippen LogP contribution < -0.4 is 10.6 Å². The summed E-state index contributed by atoms with van der Waals surface area (Å²) in [6, 6.07) is 0. The first-order chi connectivity index (χ1) is 7.40. The van der Waals surface area contributed by atoms with Crippen LogP contribution in [-0.2, 0) is 6.54 Å².